The van der Waals surface area contributed by atoms with Gasteiger partial charge in [0.05, 0.1) is 11.9 Å². The van der Waals surface area contributed by atoms with Crippen LogP contribution in [0, 0.1) is 0 Å². The molecule has 3 N–H and O–H groups in total. The van der Waals surface area contributed by atoms with Gasteiger partial charge in [-0.05, 0) is 40.7 Å². The fourth-order valence-electron chi connectivity index (χ4n) is 2.56. The second-order valence-corrected chi connectivity index (χ2v) is 8.42. The first kappa shape index (κ1) is 18.9. The number of phenolic OH excluding ortho intramolecular Hbond substituents is 1. The molecule has 25 heavy (non-hydrogen) atoms. The first-order valence-corrected chi connectivity index (χ1v) is 8.56. The number of para-hydroxylation sites is 2. The number of hydrogen-bond donors (Lipinski definition) is 2. The zero-order valence-electron chi connectivity index (χ0n) is 16.1. The number of nitrogens with two attached hydrogens (primary N) is 1. The molecule has 0 bridgehead atoms. The Balaban J connectivity index is 2.42. The molecule has 2 aromatic carbocycles. The van der Waals surface area contributed by atoms with Crippen LogP contribution >= 0.6 is 0 Å². The van der Waals surface area contributed by atoms with Gasteiger partial charge >= 0.3 is 0 Å². The smallest absolute Gasteiger partial charge is 0.149 e. The Morgan fingerprint density at radius 1 is 0.960 bits per heavy atom. The van der Waals surface area contributed by atoms with Crippen LogP contribution in [0.5, 0.6) is 11.5 Å². The molecule has 0 spiro atoms. The standard InChI is InChI=1S/C22H29NO2/c1-21(2,3)16-13-15(20(24)17(14-16)22(4,5)6)11-12-25-19-10-8-7-9-18(19)23/h7-14,24H,23H2,1-6H3. The summed E-state index contributed by atoms with van der Waals surface area (Å²) in [6.45, 7) is 12.8. The number of anilines is 1. The van der Waals surface area contributed by atoms with E-state index in [1.807, 2.05) is 24.3 Å². The predicted octanol–water partition coefficient (Wildman–Crippen LogP) is 5.62. The van der Waals surface area contributed by atoms with E-state index in [1.54, 1.807) is 18.4 Å². The molecule has 0 aliphatic heterocycles. The van der Waals surface area contributed by atoms with Gasteiger partial charge in [-0.25, -0.2) is 0 Å². The number of aromatic hydroxyl groups is 1. The molecule has 2 rings (SSSR count). The van der Waals surface area contributed by atoms with Gasteiger partial charge in [-0.1, -0.05) is 59.7 Å². The van der Waals surface area contributed by atoms with E-state index in [0.717, 1.165) is 11.1 Å². The highest BCUT2D eigenvalue weighted by Crippen LogP contribution is 2.38. The zero-order valence-corrected chi connectivity index (χ0v) is 16.1. The number of phenols is 1. The van der Waals surface area contributed by atoms with Crippen LogP contribution in [0.25, 0.3) is 6.08 Å². The van der Waals surface area contributed by atoms with Gasteiger partial charge in [-0.3, -0.25) is 0 Å². The van der Waals surface area contributed by atoms with Crippen LogP contribution < -0.4 is 10.5 Å². The lowest BCUT2D eigenvalue weighted by molar-refractivity contribution is 0.442. The Labute approximate surface area is 151 Å². The van der Waals surface area contributed by atoms with Crippen molar-refractivity contribution in [1.29, 1.82) is 0 Å². The van der Waals surface area contributed by atoms with E-state index in [4.69, 9.17) is 10.5 Å². The maximum atomic E-state index is 10.7. The monoisotopic (exact) mass is 339 g/mol. The first-order chi connectivity index (χ1) is 11.5. The van der Waals surface area contributed by atoms with Crippen molar-refractivity contribution < 1.29 is 9.84 Å². The minimum Gasteiger partial charge on any atom is -0.507 e. The molecule has 0 aliphatic rings. The first-order valence-electron chi connectivity index (χ1n) is 8.56. The topological polar surface area (TPSA) is 55.5 Å². The average molecular weight is 339 g/mol. The number of ether oxygens (including phenoxy) is 1. The third-order valence-corrected chi connectivity index (χ3v) is 4.18. The second-order valence-electron chi connectivity index (χ2n) is 8.42. The summed E-state index contributed by atoms with van der Waals surface area (Å²) in [6, 6.07) is 11.4. The van der Waals surface area contributed by atoms with Crippen molar-refractivity contribution in [3.8, 4) is 11.5 Å². The summed E-state index contributed by atoms with van der Waals surface area (Å²) < 4.78 is 5.63. The van der Waals surface area contributed by atoms with Gasteiger partial charge in [0, 0.05) is 11.1 Å². The largest absolute Gasteiger partial charge is 0.507 e. The van der Waals surface area contributed by atoms with E-state index in [9.17, 15) is 5.11 Å². The van der Waals surface area contributed by atoms with Crippen LogP contribution in [-0.2, 0) is 10.8 Å². The van der Waals surface area contributed by atoms with Crippen LogP contribution in [0.1, 0.15) is 58.2 Å². The van der Waals surface area contributed by atoms with Gasteiger partial charge in [0.1, 0.15) is 11.5 Å². The Morgan fingerprint density at radius 2 is 1.60 bits per heavy atom. The van der Waals surface area contributed by atoms with Crippen molar-refractivity contribution in [3.05, 3.63) is 59.4 Å². The molecular formula is C22H29NO2. The van der Waals surface area contributed by atoms with Crippen LogP contribution in [0.3, 0.4) is 0 Å². The highest BCUT2D eigenvalue weighted by atomic mass is 16.5. The molecule has 0 atom stereocenters. The minimum atomic E-state index is -0.154. The normalized spacial score (nSPS) is 12.6. The Kier molecular flexibility index (Phi) is 5.17. The number of rotatable bonds is 3. The lowest BCUT2D eigenvalue weighted by Crippen LogP contribution is -2.17. The second kappa shape index (κ2) is 6.83. The Morgan fingerprint density at radius 3 is 2.16 bits per heavy atom. The summed E-state index contributed by atoms with van der Waals surface area (Å²) in [5.74, 6) is 0.891. The van der Waals surface area contributed by atoms with Gasteiger partial charge in [-0.2, -0.15) is 0 Å². The molecule has 2 aromatic rings. The predicted molar refractivity (Wildman–Crippen MR) is 106 cm³/mol. The van der Waals surface area contributed by atoms with Crippen LogP contribution in [0.15, 0.2) is 42.7 Å². The highest BCUT2D eigenvalue weighted by molar-refractivity contribution is 5.63. The summed E-state index contributed by atoms with van der Waals surface area (Å²) in [5, 5.41) is 10.7. The molecule has 0 amide bonds. The minimum absolute atomic E-state index is 0.0129. The molecule has 0 aliphatic carbocycles. The third kappa shape index (κ3) is 4.56. The van der Waals surface area contributed by atoms with Crippen molar-refractivity contribution in [2.24, 2.45) is 0 Å². The van der Waals surface area contributed by atoms with Crippen molar-refractivity contribution in [2.45, 2.75) is 52.4 Å². The lowest BCUT2D eigenvalue weighted by atomic mass is 9.79. The molecule has 0 fully saturated rings. The summed E-state index contributed by atoms with van der Waals surface area (Å²) in [5.41, 5.74) is 9.14. The van der Waals surface area contributed by atoms with Crippen molar-refractivity contribution >= 4 is 11.8 Å². The van der Waals surface area contributed by atoms with E-state index in [1.165, 1.54) is 5.56 Å². The van der Waals surface area contributed by atoms with E-state index >= 15 is 0 Å². The van der Waals surface area contributed by atoms with Crippen LogP contribution in [0.4, 0.5) is 5.69 Å². The van der Waals surface area contributed by atoms with E-state index in [2.05, 4.69) is 47.6 Å². The zero-order chi connectivity index (χ0) is 18.8. The molecule has 0 radical (unpaired) electrons. The number of hydrogen-bond acceptors (Lipinski definition) is 3. The Hall–Kier alpha value is -2.42. The molecule has 0 aromatic heterocycles. The quantitative estimate of drug-likeness (QED) is 0.564. The third-order valence-electron chi connectivity index (χ3n) is 4.18. The van der Waals surface area contributed by atoms with Gasteiger partial charge in [0.2, 0.25) is 0 Å². The summed E-state index contributed by atoms with van der Waals surface area (Å²) in [7, 11) is 0. The highest BCUT2D eigenvalue weighted by Gasteiger charge is 2.24. The van der Waals surface area contributed by atoms with Gasteiger partial charge in [0.15, 0.2) is 0 Å². The van der Waals surface area contributed by atoms with Crippen molar-refractivity contribution in [1.82, 2.24) is 0 Å². The molecule has 0 saturated heterocycles. The van der Waals surface area contributed by atoms with E-state index in [-0.39, 0.29) is 10.8 Å². The molecule has 3 heteroatoms. The Bertz CT molecular complexity index is 778. The van der Waals surface area contributed by atoms with Crippen LogP contribution in [-0.4, -0.2) is 5.11 Å². The van der Waals surface area contributed by atoms with Gasteiger partial charge in [-0.15, -0.1) is 0 Å². The molecule has 0 saturated carbocycles. The van der Waals surface area contributed by atoms with E-state index in [0.29, 0.717) is 17.2 Å². The fraction of sp³-hybridized carbons (Fsp3) is 0.364. The molecular weight excluding hydrogens is 310 g/mol. The maximum Gasteiger partial charge on any atom is 0.149 e. The molecule has 3 nitrogen and oxygen atoms in total. The number of nitrogen functional groups attached to an aromatic ring is 1. The van der Waals surface area contributed by atoms with Crippen molar-refractivity contribution in [2.75, 3.05) is 5.73 Å². The summed E-state index contributed by atoms with van der Waals surface area (Å²) >= 11 is 0. The number of benzene rings is 2. The van der Waals surface area contributed by atoms with E-state index < -0.39 is 0 Å². The van der Waals surface area contributed by atoms with Crippen molar-refractivity contribution in [3.63, 3.8) is 0 Å². The fourth-order valence-corrected chi connectivity index (χ4v) is 2.56. The van der Waals surface area contributed by atoms with Crippen LogP contribution in [0.2, 0.25) is 0 Å². The summed E-state index contributed by atoms with van der Waals surface area (Å²) in [6.07, 6.45) is 3.35. The summed E-state index contributed by atoms with van der Waals surface area (Å²) in [4.78, 5) is 0. The lowest BCUT2D eigenvalue weighted by Gasteiger charge is -2.27. The molecule has 0 heterocycles. The molecule has 134 valence electrons. The SMILES string of the molecule is CC(C)(C)c1cc(C=COc2ccccc2N)c(O)c(C(C)(C)C)c1. The average Bonchev–Trinajstić information content (AvgIpc) is 2.48. The van der Waals surface area contributed by atoms with Gasteiger partial charge < -0.3 is 15.6 Å². The maximum absolute atomic E-state index is 10.7. The van der Waals surface area contributed by atoms with Gasteiger partial charge in [0.25, 0.3) is 0 Å². The molecule has 0 unspecified atom stereocenters.